The molecule has 1 fully saturated rings. The van der Waals surface area contributed by atoms with Gasteiger partial charge in [0.2, 0.25) is 0 Å². The monoisotopic (exact) mass is 213 g/mol. The molecule has 3 nitrogen and oxygen atoms in total. The number of hydrogen-bond acceptors (Lipinski definition) is 3. The topological polar surface area (TPSA) is 35.3 Å². The van der Waals surface area contributed by atoms with E-state index >= 15 is 0 Å². The number of nitrogens with zero attached hydrogens (tertiary/aromatic N) is 1. The van der Waals surface area contributed by atoms with E-state index in [0.29, 0.717) is 17.3 Å². The van der Waals surface area contributed by atoms with Gasteiger partial charge in [0.05, 0.1) is 7.11 Å². The normalized spacial score (nSPS) is 15.0. The van der Waals surface area contributed by atoms with Crippen LogP contribution in [0.2, 0.25) is 0 Å². The molecule has 0 unspecified atom stereocenters. The first-order chi connectivity index (χ1) is 7.81. The molecule has 0 saturated heterocycles. The van der Waals surface area contributed by atoms with Crippen LogP contribution >= 0.6 is 0 Å². The molecule has 1 heterocycles. The third-order valence-corrected chi connectivity index (χ3v) is 2.79. The Hall–Kier alpha value is -1.95. The molecule has 1 aliphatic rings. The van der Waals surface area contributed by atoms with Gasteiger partial charge in [-0.2, -0.15) is 0 Å². The molecule has 0 atom stereocenters. The minimum atomic E-state index is 0.492. The van der Waals surface area contributed by atoms with Gasteiger partial charge in [0.25, 0.3) is 0 Å². The highest BCUT2D eigenvalue weighted by Crippen LogP contribution is 2.41. The number of benzene rings is 1. The second-order valence-electron chi connectivity index (χ2n) is 4.00. The van der Waals surface area contributed by atoms with Crippen molar-refractivity contribution >= 4 is 11.1 Å². The highest BCUT2D eigenvalue weighted by Gasteiger charge is 2.29. The zero-order valence-corrected chi connectivity index (χ0v) is 8.99. The van der Waals surface area contributed by atoms with Gasteiger partial charge in [0, 0.05) is 11.5 Å². The summed E-state index contributed by atoms with van der Waals surface area (Å²) in [5, 5.41) is 0. The first kappa shape index (κ1) is 9.29. The molecule has 0 amide bonds. The zero-order chi connectivity index (χ0) is 11.1. The Balaban J connectivity index is 2.23. The van der Waals surface area contributed by atoms with Crippen molar-refractivity contribution < 1.29 is 9.15 Å². The molecule has 0 bridgehead atoms. The maximum atomic E-state index is 5.69. The largest absolute Gasteiger partial charge is 0.494 e. The highest BCUT2D eigenvalue weighted by atomic mass is 16.5. The fraction of sp³-hybridized carbons (Fsp3) is 0.308. The van der Waals surface area contributed by atoms with E-state index < -0.39 is 0 Å². The molecule has 16 heavy (non-hydrogen) atoms. The number of rotatable bonds is 2. The maximum Gasteiger partial charge on any atom is 0.198 e. The molecule has 3 rings (SSSR count). The number of hydrogen-bond donors (Lipinski definition) is 0. The van der Waals surface area contributed by atoms with E-state index in [1.807, 2.05) is 12.1 Å². The van der Waals surface area contributed by atoms with Crippen molar-refractivity contribution in [3.63, 3.8) is 0 Å². The Labute approximate surface area is 93.4 Å². The van der Waals surface area contributed by atoms with E-state index in [1.54, 1.807) is 7.11 Å². The number of fused-ring (bicyclic) bond motifs is 1. The summed E-state index contributed by atoms with van der Waals surface area (Å²) in [6.45, 7) is 0. The Morgan fingerprint density at radius 3 is 2.94 bits per heavy atom. The van der Waals surface area contributed by atoms with Crippen molar-refractivity contribution in [2.24, 2.45) is 0 Å². The maximum absolute atomic E-state index is 5.69. The van der Waals surface area contributed by atoms with Crippen molar-refractivity contribution in [2.75, 3.05) is 7.11 Å². The third-order valence-electron chi connectivity index (χ3n) is 2.79. The fourth-order valence-corrected chi connectivity index (χ4v) is 1.76. The van der Waals surface area contributed by atoms with Gasteiger partial charge in [-0.3, -0.25) is 0 Å². The zero-order valence-electron chi connectivity index (χ0n) is 8.99. The lowest BCUT2D eigenvalue weighted by molar-refractivity contribution is 0.419. The molecule has 0 N–H and O–H groups in total. The number of oxazole rings is 1. The molecule has 1 aliphatic carbocycles. The minimum absolute atomic E-state index is 0.492. The van der Waals surface area contributed by atoms with Crippen LogP contribution in [0.4, 0.5) is 0 Å². The summed E-state index contributed by atoms with van der Waals surface area (Å²) in [6.07, 6.45) is 7.70. The van der Waals surface area contributed by atoms with Crippen LogP contribution in [0.3, 0.4) is 0 Å². The van der Waals surface area contributed by atoms with Crippen LogP contribution in [-0.4, -0.2) is 12.1 Å². The number of methoxy groups -OCH3 is 1. The molecule has 80 valence electrons. The van der Waals surface area contributed by atoms with Gasteiger partial charge in [0.1, 0.15) is 5.75 Å². The van der Waals surface area contributed by atoms with Gasteiger partial charge in [-0.1, -0.05) is 5.92 Å². The Kier molecular flexibility index (Phi) is 1.90. The van der Waals surface area contributed by atoms with E-state index in [9.17, 15) is 0 Å². The molecule has 0 radical (unpaired) electrons. The van der Waals surface area contributed by atoms with Gasteiger partial charge >= 0.3 is 0 Å². The summed E-state index contributed by atoms with van der Waals surface area (Å²) < 4.78 is 11.0. The summed E-state index contributed by atoms with van der Waals surface area (Å²) in [7, 11) is 1.61. The molecule has 1 saturated carbocycles. The second kappa shape index (κ2) is 3.28. The van der Waals surface area contributed by atoms with Gasteiger partial charge in [0.15, 0.2) is 17.0 Å². The standard InChI is InChI=1S/C13H11NO2/c1-3-8-6-10(15-2)12-11(7-8)16-13(14-12)9-4-5-9/h1,6-7,9H,4-5H2,2H3. The summed E-state index contributed by atoms with van der Waals surface area (Å²) in [6, 6.07) is 3.64. The van der Waals surface area contributed by atoms with Crippen molar-refractivity contribution in [1.82, 2.24) is 4.98 Å². The van der Waals surface area contributed by atoms with E-state index in [2.05, 4.69) is 10.9 Å². The van der Waals surface area contributed by atoms with Gasteiger partial charge in [-0.25, -0.2) is 4.98 Å². The lowest BCUT2D eigenvalue weighted by Gasteiger charge is -1.99. The molecular weight excluding hydrogens is 202 g/mol. The van der Waals surface area contributed by atoms with Gasteiger partial charge in [-0.15, -0.1) is 6.42 Å². The molecule has 0 spiro atoms. The summed E-state index contributed by atoms with van der Waals surface area (Å²) in [5.74, 6) is 4.56. The lowest BCUT2D eigenvalue weighted by atomic mass is 10.2. The van der Waals surface area contributed by atoms with E-state index in [1.165, 1.54) is 0 Å². The molecule has 1 aromatic carbocycles. The number of ether oxygens (including phenoxy) is 1. The Morgan fingerprint density at radius 1 is 1.50 bits per heavy atom. The van der Waals surface area contributed by atoms with Crippen molar-refractivity contribution in [3.8, 4) is 18.1 Å². The first-order valence-corrected chi connectivity index (χ1v) is 5.27. The SMILES string of the molecule is C#Cc1cc(OC)c2nc(C3CC3)oc2c1. The second-order valence-corrected chi connectivity index (χ2v) is 4.00. The Morgan fingerprint density at radius 2 is 2.31 bits per heavy atom. The predicted octanol–water partition coefficient (Wildman–Crippen LogP) is 2.70. The lowest BCUT2D eigenvalue weighted by Crippen LogP contribution is -1.86. The van der Waals surface area contributed by atoms with Gasteiger partial charge < -0.3 is 9.15 Å². The first-order valence-electron chi connectivity index (χ1n) is 5.27. The quantitative estimate of drug-likeness (QED) is 0.719. The Bertz CT molecular complexity index is 588. The van der Waals surface area contributed by atoms with Crippen molar-refractivity contribution in [3.05, 3.63) is 23.6 Å². The molecular formula is C13H11NO2. The van der Waals surface area contributed by atoms with E-state index in [4.69, 9.17) is 15.6 Å². The van der Waals surface area contributed by atoms with Gasteiger partial charge in [-0.05, 0) is 25.0 Å². The van der Waals surface area contributed by atoms with Crippen molar-refractivity contribution in [1.29, 1.82) is 0 Å². The van der Waals surface area contributed by atoms with Crippen LogP contribution in [0, 0.1) is 12.3 Å². The molecule has 2 aromatic rings. The summed E-state index contributed by atoms with van der Waals surface area (Å²) in [5.41, 5.74) is 2.24. The van der Waals surface area contributed by atoms with Crippen LogP contribution < -0.4 is 4.74 Å². The predicted molar refractivity (Wildman–Crippen MR) is 60.5 cm³/mol. The average molecular weight is 213 g/mol. The van der Waals surface area contributed by atoms with Crippen LogP contribution in [0.15, 0.2) is 16.5 Å². The molecule has 3 heteroatoms. The smallest absolute Gasteiger partial charge is 0.198 e. The molecule has 0 aliphatic heterocycles. The average Bonchev–Trinajstić information content (AvgIpc) is 3.07. The highest BCUT2D eigenvalue weighted by molar-refractivity contribution is 5.81. The number of aromatic nitrogens is 1. The summed E-state index contributed by atoms with van der Waals surface area (Å²) >= 11 is 0. The van der Waals surface area contributed by atoms with Crippen LogP contribution in [0.25, 0.3) is 11.1 Å². The minimum Gasteiger partial charge on any atom is -0.494 e. The van der Waals surface area contributed by atoms with Crippen molar-refractivity contribution in [2.45, 2.75) is 18.8 Å². The molecule has 1 aromatic heterocycles. The van der Waals surface area contributed by atoms with Crippen LogP contribution in [-0.2, 0) is 0 Å². The van der Waals surface area contributed by atoms with E-state index in [0.717, 1.165) is 29.8 Å². The number of terminal acetylenes is 1. The fourth-order valence-electron chi connectivity index (χ4n) is 1.76. The summed E-state index contributed by atoms with van der Waals surface area (Å²) in [4.78, 5) is 4.46. The van der Waals surface area contributed by atoms with Crippen LogP contribution in [0.1, 0.15) is 30.2 Å². The third kappa shape index (κ3) is 1.35. The van der Waals surface area contributed by atoms with E-state index in [-0.39, 0.29) is 0 Å². The van der Waals surface area contributed by atoms with Crippen LogP contribution in [0.5, 0.6) is 5.75 Å².